The van der Waals surface area contributed by atoms with Gasteiger partial charge in [0.05, 0.1) is 18.9 Å². The lowest BCUT2D eigenvalue weighted by Crippen LogP contribution is -2.58. The third-order valence-electron chi connectivity index (χ3n) is 4.92. The molecule has 0 fully saturated rings. The molecule has 0 aliphatic rings. The van der Waals surface area contributed by atoms with Gasteiger partial charge >= 0.3 is 11.9 Å². The fraction of sp³-hybridized carbons (Fsp3) is 0.455. The number of nitrogens with two attached hydrogens (primary N) is 2. The summed E-state index contributed by atoms with van der Waals surface area (Å²) >= 11 is 0. The summed E-state index contributed by atoms with van der Waals surface area (Å²) in [5.74, 6) is -6.79. The molecule has 0 spiro atoms. The van der Waals surface area contributed by atoms with Crippen molar-refractivity contribution in [3.63, 3.8) is 0 Å². The van der Waals surface area contributed by atoms with Crippen LogP contribution >= 0.6 is 0 Å². The van der Waals surface area contributed by atoms with Gasteiger partial charge in [-0.2, -0.15) is 0 Å². The minimum Gasteiger partial charge on any atom is -0.481 e. The fourth-order valence-corrected chi connectivity index (χ4v) is 3.07. The van der Waals surface area contributed by atoms with Crippen molar-refractivity contribution in [2.24, 2.45) is 17.4 Å². The van der Waals surface area contributed by atoms with Crippen molar-refractivity contribution in [1.82, 2.24) is 16.0 Å². The van der Waals surface area contributed by atoms with E-state index in [9.17, 15) is 33.9 Å². The van der Waals surface area contributed by atoms with Gasteiger partial charge in [-0.05, 0) is 11.5 Å². The van der Waals surface area contributed by atoms with Crippen molar-refractivity contribution in [3.05, 3.63) is 35.9 Å². The smallest absolute Gasteiger partial charge is 0.326 e. The van der Waals surface area contributed by atoms with Gasteiger partial charge in [0.15, 0.2) is 0 Å². The maximum Gasteiger partial charge on any atom is 0.326 e. The SMILES string of the molecule is CC(C)C(NC(=O)C(Cc1ccccc1)NC(=O)C(CC(N)=O)NC(=O)C(N)CC(=O)O)C(=O)O. The number of amides is 4. The zero-order valence-electron chi connectivity index (χ0n) is 19.4. The Bertz CT molecular complexity index is 937. The van der Waals surface area contributed by atoms with Crippen molar-refractivity contribution in [3.8, 4) is 0 Å². The average molecular weight is 494 g/mol. The van der Waals surface area contributed by atoms with Gasteiger partial charge in [0.1, 0.15) is 18.1 Å². The zero-order valence-corrected chi connectivity index (χ0v) is 19.4. The molecule has 0 saturated carbocycles. The molecule has 0 bridgehead atoms. The third kappa shape index (κ3) is 10.2. The van der Waals surface area contributed by atoms with Gasteiger partial charge in [-0.1, -0.05) is 44.2 Å². The average Bonchev–Trinajstić information content (AvgIpc) is 2.75. The summed E-state index contributed by atoms with van der Waals surface area (Å²) in [5, 5.41) is 25.2. The van der Waals surface area contributed by atoms with Crippen molar-refractivity contribution in [1.29, 1.82) is 0 Å². The molecule has 0 aromatic heterocycles. The minimum atomic E-state index is -1.55. The molecule has 35 heavy (non-hydrogen) atoms. The van der Waals surface area contributed by atoms with Gasteiger partial charge in [0.25, 0.3) is 0 Å². The number of nitrogens with one attached hydrogen (secondary N) is 3. The highest BCUT2D eigenvalue weighted by Gasteiger charge is 2.32. The number of carbonyl (C=O) groups excluding carboxylic acids is 4. The van der Waals surface area contributed by atoms with Gasteiger partial charge < -0.3 is 37.6 Å². The Hall–Kier alpha value is -4.00. The molecule has 192 valence electrons. The summed E-state index contributed by atoms with van der Waals surface area (Å²) in [4.78, 5) is 71.9. The Morgan fingerprint density at radius 1 is 0.829 bits per heavy atom. The normalized spacial score (nSPS) is 14.2. The maximum atomic E-state index is 12.9. The van der Waals surface area contributed by atoms with Crippen LogP contribution in [0.2, 0.25) is 0 Å². The lowest BCUT2D eigenvalue weighted by atomic mass is 10.0. The molecule has 1 rings (SSSR count). The van der Waals surface area contributed by atoms with E-state index in [1.807, 2.05) is 0 Å². The highest BCUT2D eigenvalue weighted by molar-refractivity contribution is 5.96. The van der Waals surface area contributed by atoms with Crippen LogP contribution in [0.25, 0.3) is 0 Å². The number of aliphatic carboxylic acids is 2. The fourth-order valence-electron chi connectivity index (χ4n) is 3.07. The summed E-state index contributed by atoms with van der Waals surface area (Å²) in [6.45, 7) is 3.20. The molecule has 1 aromatic rings. The second-order valence-corrected chi connectivity index (χ2v) is 8.26. The summed E-state index contributed by atoms with van der Waals surface area (Å²) in [6.07, 6.45) is -1.40. The van der Waals surface area contributed by atoms with Crippen LogP contribution in [0, 0.1) is 5.92 Å². The van der Waals surface area contributed by atoms with E-state index in [0.717, 1.165) is 0 Å². The Kier molecular flexibility index (Phi) is 11.3. The van der Waals surface area contributed by atoms with Gasteiger partial charge in [-0.3, -0.25) is 24.0 Å². The lowest BCUT2D eigenvalue weighted by molar-refractivity contribution is -0.143. The van der Waals surface area contributed by atoms with E-state index in [4.69, 9.17) is 16.6 Å². The lowest BCUT2D eigenvalue weighted by Gasteiger charge is -2.25. The van der Waals surface area contributed by atoms with Gasteiger partial charge in [0.2, 0.25) is 23.6 Å². The van der Waals surface area contributed by atoms with E-state index in [1.54, 1.807) is 44.2 Å². The first-order valence-corrected chi connectivity index (χ1v) is 10.7. The largest absolute Gasteiger partial charge is 0.481 e. The first-order valence-electron chi connectivity index (χ1n) is 10.7. The molecule has 4 atom stereocenters. The van der Waals surface area contributed by atoms with Crippen LogP contribution in [0.15, 0.2) is 30.3 Å². The predicted octanol–water partition coefficient (Wildman–Crippen LogP) is -1.90. The van der Waals surface area contributed by atoms with Crippen molar-refractivity contribution in [2.75, 3.05) is 0 Å². The van der Waals surface area contributed by atoms with E-state index in [1.165, 1.54) is 0 Å². The number of carbonyl (C=O) groups is 6. The van der Waals surface area contributed by atoms with Crippen LogP contribution in [-0.4, -0.2) is 69.9 Å². The maximum absolute atomic E-state index is 12.9. The summed E-state index contributed by atoms with van der Waals surface area (Å²) < 4.78 is 0. The summed E-state index contributed by atoms with van der Waals surface area (Å²) in [5.41, 5.74) is 11.3. The molecule has 13 nitrogen and oxygen atoms in total. The molecular weight excluding hydrogens is 462 g/mol. The van der Waals surface area contributed by atoms with E-state index >= 15 is 0 Å². The molecule has 0 aliphatic heterocycles. The molecule has 9 N–H and O–H groups in total. The van der Waals surface area contributed by atoms with Crippen LogP contribution in [0.5, 0.6) is 0 Å². The van der Waals surface area contributed by atoms with Crippen LogP contribution < -0.4 is 27.4 Å². The van der Waals surface area contributed by atoms with Crippen LogP contribution in [0.4, 0.5) is 0 Å². The Morgan fingerprint density at radius 2 is 1.37 bits per heavy atom. The summed E-state index contributed by atoms with van der Waals surface area (Å²) in [6, 6.07) is 3.00. The van der Waals surface area contributed by atoms with Gasteiger partial charge in [-0.25, -0.2) is 4.79 Å². The van der Waals surface area contributed by atoms with E-state index in [-0.39, 0.29) is 6.42 Å². The molecule has 1 aromatic carbocycles. The quantitative estimate of drug-likeness (QED) is 0.153. The number of benzene rings is 1. The first kappa shape index (κ1) is 29.0. The molecular formula is C22H31N5O8. The van der Waals surface area contributed by atoms with E-state index in [2.05, 4.69) is 16.0 Å². The predicted molar refractivity (Wildman–Crippen MR) is 122 cm³/mol. The van der Waals surface area contributed by atoms with Gasteiger partial charge in [0, 0.05) is 6.42 Å². The first-order chi connectivity index (χ1) is 16.3. The zero-order chi connectivity index (χ0) is 26.7. The topological polar surface area (TPSA) is 231 Å². The standard InChI is InChI=1S/C22H31N5O8/c1-11(2)18(22(34)35)27-21(33)14(8-12-6-4-3-5-7-12)26-20(32)15(10-16(24)28)25-19(31)13(23)9-17(29)30/h3-7,11,13-15,18H,8-10,23H2,1-2H3,(H2,24,28)(H,25,31)(H,26,32)(H,27,33)(H,29,30)(H,34,35). The van der Waals surface area contributed by atoms with Crippen molar-refractivity contribution >= 4 is 35.6 Å². The number of primary amides is 1. The van der Waals surface area contributed by atoms with Crippen molar-refractivity contribution in [2.45, 2.75) is 57.3 Å². The highest BCUT2D eigenvalue weighted by atomic mass is 16.4. The number of hydrogen-bond acceptors (Lipinski definition) is 7. The summed E-state index contributed by atoms with van der Waals surface area (Å²) in [7, 11) is 0. The molecule has 4 amide bonds. The molecule has 0 radical (unpaired) electrons. The van der Waals surface area contributed by atoms with E-state index < -0.39 is 78.5 Å². The second-order valence-electron chi connectivity index (χ2n) is 8.26. The Morgan fingerprint density at radius 3 is 1.86 bits per heavy atom. The number of carboxylic acid groups (broad SMARTS) is 2. The molecule has 13 heteroatoms. The molecule has 0 saturated heterocycles. The minimum absolute atomic E-state index is 0.0292. The van der Waals surface area contributed by atoms with Crippen LogP contribution in [-0.2, 0) is 35.2 Å². The van der Waals surface area contributed by atoms with Crippen molar-refractivity contribution < 1.29 is 39.0 Å². The number of hydrogen-bond donors (Lipinski definition) is 7. The Balaban J connectivity index is 3.13. The Labute approximate surface area is 201 Å². The van der Waals surface area contributed by atoms with Gasteiger partial charge in [-0.15, -0.1) is 0 Å². The number of carboxylic acids is 2. The second kappa shape index (κ2) is 13.6. The molecule has 0 aliphatic carbocycles. The van der Waals surface area contributed by atoms with Crippen LogP contribution in [0.3, 0.4) is 0 Å². The monoisotopic (exact) mass is 493 g/mol. The number of rotatable bonds is 14. The molecule has 0 heterocycles. The molecule has 4 unspecified atom stereocenters. The van der Waals surface area contributed by atoms with E-state index in [0.29, 0.717) is 5.56 Å². The van der Waals surface area contributed by atoms with Crippen LogP contribution in [0.1, 0.15) is 32.3 Å². The third-order valence-corrected chi connectivity index (χ3v) is 4.92. The highest BCUT2D eigenvalue weighted by Crippen LogP contribution is 2.08.